The summed E-state index contributed by atoms with van der Waals surface area (Å²) in [6, 6.07) is 4.44. The largest absolute Gasteiger partial charge is 0.359 e. The summed E-state index contributed by atoms with van der Waals surface area (Å²) in [4.78, 5) is 0. The van der Waals surface area contributed by atoms with Gasteiger partial charge in [0.25, 0.3) is 0 Å². The number of thiocarbonyl (C=S) groups is 1. The van der Waals surface area contributed by atoms with Crippen molar-refractivity contribution in [2.45, 2.75) is 33.6 Å². The number of nitrogens with one attached hydrogen (secondary N) is 2. The second kappa shape index (κ2) is 7.17. The van der Waals surface area contributed by atoms with Crippen molar-refractivity contribution in [1.29, 1.82) is 0 Å². The number of rotatable bonds is 5. The van der Waals surface area contributed by atoms with Crippen LogP contribution in [-0.2, 0) is 12.8 Å². The topological polar surface area (TPSA) is 24.1 Å². The summed E-state index contributed by atoms with van der Waals surface area (Å²) < 4.78 is 0. The fourth-order valence-corrected chi connectivity index (χ4v) is 2.17. The third-order valence-corrected chi connectivity index (χ3v) is 3.10. The Bertz CT molecular complexity index is 413. The van der Waals surface area contributed by atoms with Crippen molar-refractivity contribution >= 4 is 23.0 Å². The van der Waals surface area contributed by atoms with Gasteiger partial charge in [-0.05, 0) is 43.1 Å². The molecule has 0 bridgehead atoms. The van der Waals surface area contributed by atoms with Gasteiger partial charge in [0, 0.05) is 12.2 Å². The zero-order valence-electron chi connectivity index (χ0n) is 11.5. The van der Waals surface area contributed by atoms with Crippen LogP contribution in [0.4, 0.5) is 5.69 Å². The molecule has 0 spiro atoms. The van der Waals surface area contributed by atoms with E-state index in [1.807, 2.05) is 0 Å². The summed E-state index contributed by atoms with van der Waals surface area (Å²) >= 11 is 5.28. The minimum Gasteiger partial charge on any atom is -0.359 e. The average Bonchev–Trinajstić information content (AvgIpc) is 2.37. The van der Waals surface area contributed by atoms with Crippen LogP contribution in [0.1, 0.15) is 30.5 Å². The first-order valence-corrected chi connectivity index (χ1v) is 6.81. The first-order chi connectivity index (χ1) is 8.62. The van der Waals surface area contributed by atoms with Crippen LogP contribution >= 0.6 is 12.2 Å². The molecule has 0 aromatic heterocycles. The fourth-order valence-electron chi connectivity index (χ4n) is 1.98. The third-order valence-electron chi connectivity index (χ3n) is 2.85. The van der Waals surface area contributed by atoms with E-state index in [1.165, 1.54) is 16.7 Å². The van der Waals surface area contributed by atoms with E-state index >= 15 is 0 Å². The minimum atomic E-state index is 0.656. The molecule has 0 aliphatic rings. The molecule has 0 saturated heterocycles. The number of benzene rings is 1. The molecule has 0 unspecified atom stereocenters. The molecule has 1 rings (SSSR count). The molecule has 0 fully saturated rings. The standard InChI is InChI=1S/C15H22N2S/c1-5-8-16-15(18)17-14-12(6-2)9-11(4)10-13(14)7-3/h5,9-10H,1,6-8H2,2-4H3,(H2,16,17,18). The van der Waals surface area contributed by atoms with E-state index in [0.29, 0.717) is 11.7 Å². The van der Waals surface area contributed by atoms with E-state index < -0.39 is 0 Å². The molecule has 3 heteroatoms. The van der Waals surface area contributed by atoms with Crippen LogP contribution in [0.5, 0.6) is 0 Å². The third kappa shape index (κ3) is 3.84. The molecule has 0 aliphatic heterocycles. The van der Waals surface area contributed by atoms with E-state index in [9.17, 15) is 0 Å². The lowest BCUT2D eigenvalue weighted by atomic mass is 10.00. The molecule has 2 N–H and O–H groups in total. The Kier molecular flexibility index (Phi) is 5.86. The minimum absolute atomic E-state index is 0.656. The van der Waals surface area contributed by atoms with Crippen LogP contribution in [0.25, 0.3) is 0 Å². The molecule has 0 heterocycles. The van der Waals surface area contributed by atoms with E-state index in [4.69, 9.17) is 12.2 Å². The zero-order valence-corrected chi connectivity index (χ0v) is 12.3. The molecular formula is C15H22N2S. The molecule has 0 saturated carbocycles. The Morgan fingerprint density at radius 3 is 2.28 bits per heavy atom. The van der Waals surface area contributed by atoms with Crippen molar-refractivity contribution in [3.8, 4) is 0 Å². The second-order valence-electron chi connectivity index (χ2n) is 4.29. The quantitative estimate of drug-likeness (QED) is 0.626. The number of aryl methyl sites for hydroxylation is 3. The Labute approximate surface area is 115 Å². The van der Waals surface area contributed by atoms with Gasteiger partial charge in [0.15, 0.2) is 5.11 Å². The summed E-state index contributed by atoms with van der Waals surface area (Å²) in [7, 11) is 0. The van der Waals surface area contributed by atoms with Crippen molar-refractivity contribution in [3.63, 3.8) is 0 Å². The van der Waals surface area contributed by atoms with Crippen LogP contribution in [-0.4, -0.2) is 11.7 Å². The van der Waals surface area contributed by atoms with Gasteiger partial charge in [0.05, 0.1) is 0 Å². The molecule has 0 atom stereocenters. The van der Waals surface area contributed by atoms with E-state index in [-0.39, 0.29) is 0 Å². The lowest BCUT2D eigenvalue weighted by Gasteiger charge is -2.17. The van der Waals surface area contributed by atoms with Crippen molar-refractivity contribution in [1.82, 2.24) is 5.32 Å². The van der Waals surface area contributed by atoms with E-state index in [0.717, 1.165) is 18.5 Å². The summed E-state index contributed by atoms with van der Waals surface area (Å²) in [5.41, 5.74) is 5.09. The van der Waals surface area contributed by atoms with Gasteiger partial charge in [-0.25, -0.2) is 0 Å². The van der Waals surface area contributed by atoms with Gasteiger partial charge < -0.3 is 10.6 Å². The second-order valence-corrected chi connectivity index (χ2v) is 4.70. The highest BCUT2D eigenvalue weighted by Gasteiger charge is 2.08. The number of hydrogen-bond donors (Lipinski definition) is 2. The van der Waals surface area contributed by atoms with Gasteiger partial charge in [0.2, 0.25) is 0 Å². The first kappa shape index (κ1) is 14.7. The van der Waals surface area contributed by atoms with Crippen LogP contribution in [0, 0.1) is 6.92 Å². The van der Waals surface area contributed by atoms with E-state index in [1.54, 1.807) is 6.08 Å². The molecule has 18 heavy (non-hydrogen) atoms. The van der Waals surface area contributed by atoms with Crippen LogP contribution in [0.3, 0.4) is 0 Å². The molecule has 2 nitrogen and oxygen atoms in total. The van der Waals surface area contributed by atoms with Crippen molar-refractivity contribution in [2.24, 2.45) is 0 Å². The number of anilines is 1. The summed E-state index contributed by atoms with van der Waals surface area (Å²) in [5, 5.41) is 7.07. The fraction of sp³-hybridized carbons (Fsp3) is 0.400. The van der Waals surface area contributed by atoms with Gasteiger partial charge in [-0.2, -0.15) is 0 Å². The SMILES string of the molecule is C=CCNC(=S)Nc1c(CC)cc(C)cc1CC. The Morgan fingerprint density at radius 1 is 1.28 bits per heavy atom. The predicted molar refractivity (Wildman–Crippen MR) is 84.4 cm³/mol. The predicted octanol–water partition coefficient (Wildman–Crippen LogP) is 3.59. The lowest BCUT2D eigenvalue weighted by molar-refractivity contribution is 1.05. The Hall–Kier alpha value is -1.35. The smallest absolute Gasteiger partial charge is 0.171 e. The van der Waals surface area contributed by atoms with Gasteiger partial charge in [-0.1, -0.05) is 37.6 Å². The van der Waals surface area contributed by atoms with Crippen molar-refractivity contribution in [3.05, 3.63) is 41.5 Å². The van der Waals surface area contributed by atoms with Gasteiger partial charge in [-0.15, -0.1) is 6.58 Å². The monoisotopic (exact) mass is 262 g/mol. The maximum Gasteiger partial charge on any atom is 0.171 e. The maximum absolute atomic E-state index is 5.28. The molecule has 0 aliphatic carbocycles. The van der Waals surface area contributed by atoms with Gasteiger partial charge >= 0.3 is 0 Å². The Morgan fingerprint density at radius 2 is 1.83 bits per heavy atom. The Balaban J connectivity index is 2.98. The highest BCUT2D eigenvalue weighted by atomic mass is 32.1. The average molecular weight is 262 g/mol. The summed E-state index contributed by atoms with van der Waals surface area (Å²) in [5.74, 6) is 0. The van der Waals surface area contributed by atoms with Crippen molar-refractivity contribution in [2.75, 3.05) is 11.9 Å². The lowest BCUT2D eigenvalue weighted by Crippen LogP contribution is -2.29. The molecule has 1 aromatic rings. The normalized spacial score (nSPS) is 9.94. The number of hydrogen-bond acceptors (Lipinski definition) is 1. The molecular weight excluding hydrogens is 240 g/mol. The first-order valence-electron chi connectivity index (χ1n) is 6.40. The van der Waals surface area contributed by atoms with Crippen LogP contribution < -0.4 is 10.6 Å². The summed E-state index contributed by atoms with van der Waals surface area (Å²) in [6.45, 7) is 10.8. The highest BCUT2D eigenvalue weighted by Crippen LogP contribution is 2.24. The zero-order chi connectivity index (χ0) is 13.5. The highest BCUT2D eigenvalue weighted by molar-refractivity contribution is 7.80. The molecule has 98 valence electrons. The van der Waals surface area contributed by atoms with Crippen LogP contribution in [0.2, 0.25) is 0 Å². The van der Waals surface area contributed by atoms with Gasteiger partial charge in [0.1, 0.15) is 0 Å². The van der Waals surface area contributed by atoms with Crippen molar-refractivity contribution < 1.29 is 0 Å². The van der Waals surface area contributed by atoms with Gasteiger partial charge in [-0.3, -0.25) is 0 Å². The molecule has 1 aromatic carbocycles. The summed E-state index contributed by atoms with van der Waals surface area (Å²) in [6.07, 6.45) is 3.80. The maximum atomic E-state index is 5.28. The molecule has 0 radical (unpaired) electrons. The van der Waals surface area contributed by atoms with Crippen LogP contribution in [0.15, 0.2) is 24.8 Å². The van der Waals surface area contributed by atoms with E-state index in [2.05, 4.69) is 50.1 Å². The molecule has 0 amide bonds.